The van der Waals surface area contributed by atoms with Gasteiger partial charge in [0.15, 0.2) is 23.1 Å². The van der Waals surface area contributed by atoms with Crippen LogP contribution in [0.1, 0.15) is 20.8 Å². The van der Waals surface area contributed by atoms with Gasteiger partial charge in [0.25, 0.3) is 0 Å². The Hall–Kier alpha value is -3.03. The average Bonchev–Trinajstić information content (AvgIpc) is 2.61. The number of benzene rings is 1. The van der Waals surface area contributed by atoms with E-state index in [9.17, 15) is 4.79 Å². The van der Waals surface area contributed by atoms with Gasteiger partial charge in [-0.1, -0.05) is 20.8 Å². The third-order valence-electron chi connectivity index (χ3n) is 3.52. The molecule has 1 heterocycles. The van der Waals surface area contributed by atoms with Crippen molar-refractivity contribution < 1.29 is 19.0 Å². The molecule has 1 aromatic carbocycles. The maximum atomic E-state index is 12.0. The van der Waals surface area contributed by atoms with Gasteiger partial charge >= 0.3 is 0 Å². The van der Waals surface area contributed by atoms with Gasteiger partial charge in [0, 0.05) is 23.2 Å². The fourth-order valence-corrected chi connectivity index (χ4v) is 2.07. The minimum atomic E-state index is -0.505. The fourth-order valence-electron chi connectivity index (χ4n) is 2.07. The monoisotopic (exact) mass is 360 g/mol. The highest BCUT2D eigenvalue weighted by molar-refractivity contribution is 5.93. The lowest BCUT2D eigenvalue weighted by Gasteiger charge is -2.17. The van der Waals surface area contributed by atoms with Crippen molar-refractivity contribution in [2.75, 3.05) is 32.0 Å². The standard InChI is InChI=1S/C18H24N4O4/c1-18(2,3)17(23)20-15-8-7-14(21-22-15)19-11-9-12(24-4)16(26-6)13(10-11)25-5/h7-10H,1-6H3,(H,19,21)(H,20,22,23). The van der Waals surface area contributed by atoms with Crippen LogP contribution in [-0.2, 0) is 4.79 Å². The van der Waals surface area contributed by atoms with Crippen molar-refractivity contribution in [2.24, 2.45) is 5.41 Å². The van der Waals surface area contributed by atoms with E-state index in [2.05, 4.69) is 20.8 Å². The van der Waals surface area contributed by atoms with Crippen molar-refractivity contribution in [1.82, 2.24) is 10.2 Å². The molecule has 0 spiro atoms. The van der Waals surface area contributed by atoms with Crippen LogP contribution in [0.15, 0.2) is 24.3 Å². The molecule has 26 heavy (non-hydrogen) atoms. The number of nitrogens with one attached hydrogen (secondary N) is 2. The molecule has 0 bridgehead atoms. The van der Waals surface area contributed by atoms with E-state index in [1.807, 2.05) is 20.8 Å². The van der Waals surface area contributed by atoms with Gasteiger partial charge in [-0.2, -0.15) is 0 Å². The Morgan fingerprint density at radius 3 is 1.88 bits per heavy atom. The van der Waals surface area contributed by atoms with Crippen LogP contribution in [0, 0.1) is 5.41 Å². The summed E-state index contributed by atoms with van der Waals surface area (Å²) in [6, 6.07) is 6.92. The number of nitrogens with zero attached hydrogens (tertiary/aromatic N) is 2. The molecule has 2 aromatic rings. The summed E-state index contributed by atoms with van der Waals surface area (Å²) < 4.78 is 15.9. The van der Waals surface area contributed by atoms with E-state index in [1.165, 1.54) is 0 Å². The Morgan fingerprint density at radius 2 is 1.46 bits per heavy atom. The van der Waals surface area contributed by atoms with E-state index in [1.54, 1.807) is 45.6 Å². The molecule has 0 fully saturated rings. The molecule has 0 aliphatic heterocycles. The Bertz CT molecular complexity index is 745. The van der Waals surface area contributed by atoms with Crippen molar-refractivity contribution in [1.29, 1.82) is 0 Å². The number of anilines is 3. The molecule has 1 amide bonds. The normalized spacial score (nSPS) is 10.8. The van der Waals surface area contributed by atoms with Crippen molar-refractivity contribution in [3.8, 4) is 17.2 Å². The van der Waals surface area contributed by atoms with Gasteiger partial charge in [0.1, 0.15) is 0 Å². The first-order chi connectivity index (χ1) is 12.3. The summed E-state index contributed by atoms with van der Waals surface area (Å²) >= 11 is 0. The average molecular weight is 360 g/mol. The lowest BCUT2D eigenvalue weighted by atomic mass is 9.96. The van der Waals surface area contributed by atoms with Crippen LogP contribution in [0.4, 0.5) is 17.3 Å². The van der Waals surface area contributed by atoms with Crippen LogP contribution in [0.3, 0.4) is 0 Å². The molecular formula is C18H24N4O4. The number of hydrogen-bond acceptors (Lipinski definition) is 7. The van der Waals surface area contributed by atoms with Gasteiger partial charge in [-0.15, -0.1) is 10.2 Å². The Kier molecular flexibility index (Phi) is 5.86. The Morgan fingerprint density at radius 1 is 0.923 bits per heavy atom. The summed E-state index contributed by atoms with van der Waals surface area (Å²) in [5.41, 5.74) is 0.190. The number of rotatable bonds is 6. The second-order valence-electron chi connectivity index (χ2n) is 6.55. The zero-order chi connectivity index (χ0) is 19.3. The van der Waals surface area contributed by atoms with Crippen LogP contribution in [-0.4, -0.2) is 37.4 Å². The van der Waals surface area contributed by atoms with Gasteiger partial charge < -0.3 is 24.8 Å². The van der Waals surface area contributed by atoms with E-state index in [0.717, 1.165) is 0 Å². The topological polar surface area (TPSA) is 94.6 Å². The van der Waals surface area contributed by atoms with Crippen LogP contribution >= 0.6 is 0 Å². The van der Waals surface area contributed by atoms with Crippen molar-refractivity contribution in [2.45, 2.75) is 20.8 Å². The molecule has 2 N–H and O–H groups in total. The number of amides is 1. The first-order valence-electron chi connectivity index (χ1n) is 8.00. The maximum Gasteiger partial charge on any atom is 0.230 e. The summed E-state index contributed by atoms with van der Waals surface area (Å²) in [6.45, 7) is 5.49. The number of carbonyl (C=O) groups excluding carboxylic acids is 1. The van der Waals surface area contributed by atoms with E-state index >= 15 is 0 Å². The summed E-state index contributed by atoms with van der Waals surface area (Å²) in [4.78, 5) is 12.0. The summed E-state index contributed by atoms with van der Waals surface area (Å²) in [7, 11) is 4.64. The highest BCUT2D eigenvalue weighted by atomic mass is 16.5. The summed E-state index contributed by atoms with van der Waals surface area (Å²) in [5.74, 6) is 2.32. The number of ether oxygens (including phenoxy) is 3. The highest BCUT2D eigenvalue weighted by Crippen LogP contribution is 2.40. The number of hydrogen-bond donors (Lipinski definition) is 2. The molecule has 0 saturated carbocycles. The minimum Gasteiger partial charge on any atom is -0.493 e. The smallest absolute Gasteiger partial charge is 0.230 e. The first-order valence-corrected chi connectivity index (χ1v) is 8.00. The zero-order valence-electron chi connectivity index (χ0n) is 15.8. The fraction of sp³-hybridized carbons (Fsp3) is 0.389. The van der Waals surface area contributed by atoms with Crippen molar-refractivity contribution in [3.63, 3.8) is 0 Å². The van der Waals surface area contributed by atoms with E-state index < -0.39 is 5.41 Å². The van der Waals surface area contributed by atoms with Crippen molar-refractivity contribution in [3.05, 3.63) is 24.3 Å². The molecule has 0 saturated heterocycles. The molecule has 140 valence electrons. The second-order valence-corrected chi connectivity index (χ2v) is 6.55. The third kappa shape index (κ3) is 4.53. The molecule has 0 atom stereocenters. The Balaban J connectivity index is 2.17. The molecule has 0 radical (unpaired) electrons. The predicted molar refractivity (Wildman–Crippen MR) is 99.5 cm³/mol. The van der Waals surface area contributed by atoms with Gasteiger partial charge in [0.2, 0.25) is 11.7 Å². The molecule has 0 aliphatic carbocycles. The molecule has 1 aromatic heterocycles. The molecular weight excluding hydrogens is 336 g/mol. The molecule has 8 heteroatoms. The first kappa shape index (κ1) is 19.3. The zero-order valence-corrected chi connectivity index (χ0v) is 15.8. The van der Waals surface area contributed by atoms with Gasteiger partial charge in [0.05, 0.1) is 21.3 Å². The lowest BCUT2D eigenvalue weighted by Crippen LogP contribution is -2.28. The predicted octanol–water partition coefficient (Wildman–Crippen LogP) is 3.23. The van der Waals surface area contributed by atoms with Crippen LogP contribution in [0.2, 0.25) is 0 Å². The minimum absolute atomic E-state index is 0.128. The van der Waals surface area contributed by atoms with Crippen molar-refractivity contribution >= 4 is 23.2 Å². The largest absolute Gasteiger partial charge is 0.493 e. The summed E-state index contributed by atoms with van der Waals surface area (Å²) in [5, 5.41) is 13.9. The lowest BCUT2D eigenvalue weighted by molar-refractivity contribution is -0.123. The molecule has 0 unspecified atom stereocenters. The quantitative estimate of drug-likeness (QED) is 0.816. The number of aromatic nitrogens is 2. The number of carbonyl (C=O) groups is 1. The van der Waals surface area contributed by atoms with E-state index in [0.29, 0.717) is 34.6 Å². The highest BCUT2D eigenvalue weighted by Gasteiger charge is 2.21. The van der Waals surface area contributed by atoms with Crippen LogP contribution < -0.4 is 24.8 Å². The SMILES string of the molecule is COc1cc(Nc2ccc(NC(=O)C(C)(C)C)nn2)cc(OC)c1OC. The van der Waals surface area contributed by atoms with Crippen LogP contribution in [0.5, 0.6) is 17.2 Å². The Labute approximate surface area is 152 Å². The van der Waals surface area contributed by atoms with Gasteiger partial charge in [-0.05, 0) is 12.1 Å². The molecule has 2 rings (SSSR count). The van der Waals surface area contributed by atoms with Gasteiger partial charge in [-0.25, -0.2) is 0 Å². The third-order valence-corrected chi connectivity index (χ3v) is 3.52. The van der Waals surface area contributed by atoms with Gasteiger partial charge in [-0.3, -0.25) is 4.79 Å². The second kappa shape index (κ2) is 7.90. The van der Waals surface area contributed by atoms with E-state index in [4.69, 9.17) is 14.2 Å². The maximum absolute atomic E-state index is 12.0. The van der Waals surface area contributed by atoms with Crippen LogP contribution in [0.25, 0.3) is 0 Å². The molecule has 0 aliphatic rings. The number of methoxy groups -OCH3 is 3. The van der Waals surface area contributed by atoms with E-state index in [-0.39, 0.29) is 5.91 Å². The molecule has 8 nitrogen and oxygen atoms in total. The summed E-state index contributed by atoms with van der Waals surface area (Å²) in [6.07, 6.45) is 0.